The predicted octanol–water partition coefficient (Wildman–Crippen LogP) is 4.54. The number of aryl methyl sites for hydroxylation is 2. The van der Waals surface area contributed by atoms with Crippen molar-refractivity contribution in [3.8, 4) is 11.4 Å². The zero-order chi connectivity index (χ0) is 21.3. The highest BCUT2D eigenvalue weighted by Gasteiger charge is 2.21. The van der Waals surface area contributed by atoms with E-state index >= 15 is 0 Å². The quantitative estimate of drug-likeness (QED) is 0.534. The molecule has 1 amide bonds. The van der Waals surface area contributed by atoms with Crippen molar-refractivity contribution in [3.63, 3.8) is 0 Å². The summed E-state index contributed by atoms with van der Waals surface area (Å²) < 4.78 is 7.09. The number of rotatable bonds is 5. The molecule has 0 aliphatic carbocycles. The second-order valence-electron chi connectivity index (χ2n) is 7.31. The number of hydrogen-bond donors (Lipinski definition) is 1. The Morgan fingerprint density at radius 2 is 1.83 bits per heavy atom. The van der Waals surface area contributed by atoms with E-state index in [-0.39, 0.29) is 11.9 Å². The molecule has 6 heteroatoms. The highest BCUT2D eigenvalue weighted by Crippen LogP contribution is 2.26. The lowest BCUT2D eigenvalue weighted by Gasteiger charge is -2.16. The lowest BCUT2D eigenvalue weighted by molar-refractivity contribution is 0.0941. The number of benzene rings is 2. The second kappa shape index (κ2) is 7.99. The van der Waals surface area contributed by atoms with Crippen molar-refractivity contribution in [2.24, 2.45) is 0 Å². The van der Waals surface area contributed by atoms with Crippen LogP contribution >= 0.6 is 0 Å². The molecule has 0 radical (unpaired) electrons. The van der Waals surface area contributed by atoms with E-state index in [4.69, 9.17) is 4.74 Å². The van der Waals surface area contributed by atoms with Gasteiger partial charge in [0.1, 0.15) is 5.75 Å². The number of fused-ring (bicyclic) bond motifs is 1. The molecule has 0 spiro atoms. The van der Waals surface area contributed by atoms with Crippen LogP contribution in [-0.2, 0) is 0 Å². The third kappa shape index (κ3) is 3.64. The summed E-state index contributed by atoms with van der Waals surface area (Å²) in [5.41, 5.74) is 4.66. The SMILES string of the molecule is COc1cccc([C@@H](C)NC(=O)c2cc(C)nc3c2c(C)nn3-c2ccccc2)c1. The van der Waals surface area contributed by atoms with E-state index in [1.165, 1.54) is 0 Å². The monoisotopic (exact) mass is 400 g/mol. The lowest BCUT2D eigenvalue weighted by atomic mass is 10.1. The number of carbonyl (C=O) groups excluding carboxylic acids is 1. The Morgan fingerprint density at radius 3 is 2.57 bits per heavy atom. The highest BCUT2D eigenvalue weighted by atomic mass is 16.5. The van der Waals surface area contributed by atoms with Gasteiger partial charge in [-0.2, -0.15) is 5.10 Å². The first-order valence-electron chi connectivity index (χ1n) is 9.85. The van der Waals surface area contributed by atoms with Crippen molar-refractivity contribution in [1.82, 2.24) is 20.1 Å². The molecule has 6 nitrogen and oxygen atoms in total. The number of methoxy groups -OCH3 is 1. The number of nitrogens with zero attached hydrogens (tertiary/aromatic N) is 3. The first kappa shape index (κ1) is 19.6. The molecule has 0 fully saturated rings. The molecule has 4 rings (SSSR count). The molecule has 2 aromatic heterocycles. The minimum atomic E-state index is -0.180. The van der Waals surface area contributed by atoms with Crippen molar-refractivity contribution >= 4 is 16.9 Å². The lowest BCUT2D eigenvalue weighted by Crippen LogP contribution is -2.27. The largest absolute Gasteiger partial charge is 0.497 e. The average Bonchev–Trinajstić information content (AvgIpc) is 3.09. The summed E-state index contributed by atoms with van der Waals surface area (Å²) in [5.74, 6) is 0.604. The van der Waals surface area contributed by atoms with Crippen LogP contribution in [0.2, 0.25) is 0 Å². The van der Waals surface area contributed by atoms with Gasteiger partial charge >= 0.3 is 0 Å². The summed E-state index contributed by atoms with van der Waals surface area (Å²) in [6.45, 7) is 5.75. The van der Waals surface area contributed by atoms with Crippen molar-refractivity contribution in [2.75, 3.05) is 7.11 Å². The first-order valence-corrected chi connectivity index (χ1v) is 9.85. The van der Waals surface area contributed by atoms with Gasteiger partial charge in [-0.3, -0.25) is 4.79 Å². The maximum absolute atomic E-state index is 13.2. The standard InChI is InChI=1S/C24H24N4O2/c1-15-13-21(24(29)26-16(2)18-9-8-12-20(14-18)30-4)22-17(3)27-28(23(22)25-15)19-10-6-5-7-11-19/h5-14,16H,1-4H3,(H,26,29)/t16-/m1/s1. The van der Waals surface area contributed by atoms with E-state index in [0.717, 1.165) is 33.8 Å². The maximum atomic E-state index is 13.2. The smallest absolute Gasteiger partial charge is 0.252 e. The minimum Gasteiger partial charge on any atom is -0.497 e. The van der Waals surface area contributed by atoms with Crippen LogP contribution in [0.3, 0.4) is 0 Å². The van der Waals surface area contributed by atoms with Gasteiger partial charge in [0.2, 0.25) is 0 Å². The Hall–Kier alpha value is -3.67. The summed E-state index contributed by atoms with van der Waals surface area (Å²) in [4.78, 5) is 17.9. The number of ether oxygens (including phenoxy) is 1. The van der Waals surface area contributed by atoms with Gasteiger partial charge in [-0.25, -0.2) is 9.67 Å². The van der Waals surface area contributed by atoms with Crippen LogP contribution in [0.25, 0.3) is 16.7 Å². The van der Waals surface area contributed by atoms with Gasteiger partial charge in [-0.1, -0.05) is 30.3 Å². The molecular weight excluding hydrogens is 376 g/mol. The third-order valence-electron chi connectivity index (χ3n) is 5.13. The Bertz CT molecular complexity index is 1210. The topological polar surface area (TPSA) is 69.0 Å². The Labute approximate surface area is 175 Å². The molecule has 0 bridgehead atoms. The molecule has 2 heterocycles. The van der Waals surface area contributed by atoms with Gasteiger partial charge in [0.05, 0.1) is 35.5 Å². The molecule has 2 aromatic carbocycles. The number of nitrogens with one attached hydrogen (secondary N) is 1. The van der Waals surface area contributed by atoms with Crippen LogP contribution in [0.4, 0.5) is 0 Å². The molecule has 1 N–H and O–H groups in total. The summed E-state index contributed by atoms with van der Waals surface area (Å²) in [6.07, 6.45) is 0. The number of pyridine rings is 1. The molecule has 0 saturated heterocycles. The Kier molecular flexibility index (Phi) is 5.23. The molecule has 0 saturated carbocycles. The van der Waals surface area contributed by atoms with Crippen molar-refractivity contribution < 1.29 is 9.53 Å². The van der Waals surface area contributed by atoms with Crippen molar-refractivity contribution in [3.05, 3.63) is 83.2 Å². The van der Waals surface area contributed by atoms with Crippen molar-refractivity contribution in [2.45, 2.75) is 26.8 Å². The van der Waals surface area contributed by atoms with Crippen LogP contribution in [0.5, 0.6) is 5.75 Å². The molecule has 152 valence electrons. The van der Waals surface area contributed by atoms with Crippen molar-refractivity contribution in [1.29, 1.82) is 0 Å². The van der Waals surface area contributed by atoms with Gasteiger partial charge in [0, 0.05) is 5.69 Å². The van der Waals surface area contributed by atoms with E-state index in [9.17, 15) is 4.79 Å². The fourth-order valence-electron chi connectivity index (χ4n) is 3.61. The van der Waals surface area contributed by atoms with E-state index in [2.05, 4.69) is 15.4 Å². The summed E-state index contributed by atoms with van der Waals surface area (Å²) in [5, 5.41) is 8.53. The molecule has 1 atom stereocenters. The molecule has 0 aliphatic heterocycles. The van der Waals surface area contributed by atoms with Crippen LogP contribution < -0.4 is 10.1 Å². The summed E-state index contributed by atoms with van der Waals surface area (Å²) in [6, 6.07) is 19.2. The second-order valence-corrected chi connectivity index (χ2v) is 7.31. The highest BCUT2D eigenvalue weighted by molar-refractivity contribution is 6.07. The van der Waals surface area contributed by atoms with Gasteiger partial charge in [0.25, 0.3) is 5.91 Å². The normalized spacial score (nSPS) is 12.0. The maximum Gasteiger partial charge on any atom is 0.252 e. The summed E-state index contributed by atoms with van der Waals surface area (Å²) in [7, 11) is 1.63. The third-order valence-corrected chi connectivity index (χ3v) is 5.13. The van der Waals surface area contributed by atoms with E-state index in [1.807, 2.05) is 81.4 Å². The zero-order valence-electron chi connectivity index (χ0n) is 17.5. The average molecular weight is 400 g/mol. The fourth-order valence-corrected chi connectivity index (χ4v) is 3.61. The Balaban J connectivity index is 1.73. The molecule has 0 unspecified atom stereocenters. The molecule has 30 heavy (non-hydrogen) atoms. The van der Waals surface area contributed by atoms with E-state index < -0.39 is 0 Å². The first-order chi connectivity index (χ1) is 14.5. The van der Waals surface area contributed by atoms with Gasteiger partial charge in [-0.15, -0.1) is 0 Å². The number of aromatic nitrogens is 3. The van der Waals surface area contributed by atoms with Crippen LogP contribution in [0, 0.1) is 13.8 Å². The van der Waals surface area contributed by atoms with Crippen LogP contribution in [-0.4, -0.2) is 27.8 Å². The van der Waals surface area contributed by atoms with Gasteiger partial charge in [-0.05, 0) is 56.7 Å². The minimum absolute atomic E-state index is 0.156. The van der Waals surface area contributed by atoms with Gasteiger partial charge < -0.3 is 10.1 Å². The fraction of sp³-hybridized carbons (Fsp3) is 0.208. The number of para-hydroxylation sites is 1. The van der Waals surface area contributed by atoms with Crippen LogP contribution in [0.1, 0.15) is 40.3 Å². The van der Waals surface area contributed by atoms with Crippen LogP contribution in [0.15, 0.2) is 60.7 Å². The Morgan fingerprint density at radius 1 is 1.07 bits per heavy atom. The predicted molar refractivity (Wildman–Crippen MR) is 117 cm³/mol. The number of amides is 1. The van der Waals surface area contributed by atoms with E-state index in [1.54, 1.807) is 11.8 Å². The molecule has 4 aromatic rings. The number of hydrogen-bond acceptors (Lipinski definition) is 4. The molecular formula is C24H24N4O2. The summed E-state index contributed by atoms with van der Waals surface area (Å²) >= 11 is 0. The molecule has 0 aliphatic rings. The number of carbonyl (C=O) groups is 1. The van der Waals surface area contributed by atoms with Gasteiger partial charge in [0.15, 0.2) is 5.65 Å². The van der Waals surface area contributed by atoms with E-state index in [0.29, 0.717) is 11.2 Å². The zero-order valence-corrected chi connectivity index (χ0v) is 17.5.